The molecule has 2 atom stereocenters. The summed E-state index contributed by atoms with van der Waals surface area (Å²) in [6, 6.07) is -0.960. The van der Waals surface area contributed by atoms with Crippen LogP contribution in [0.3, 0.4) is 0 Å². The summed E-state index contributed by atoms with van der Waals surface area (Å²) in [6.07, 6.45) is 0.862. The van der Waals surface area contributed by atoms with Gasteiger partial charge in [0.05, 0.1) is 19.3 Å². The Balaban J connectivity index is 0.000000770. The molecule has 1 rings (SSSR count). The van der Waals surface area contributed by atoms with Gasteiger partial charge in [0.2, 0.25) is 0 Å². The van der Waals surface area contributed by atoms with Crippen LogP contribution in [0, 0.1) is 5.41 Å². The smallest absolute Gasteiger partial charge is 0.299 e. The maximum Gasteiger partial charge on any atom is 0.299 e. The van der Waals surface area contributed by atoms with Crippen molar-refractivity contribution in [3.05, 3.63) is 12.7 Å². The Bertz CT molecular complexity index is 231. The molecule has 17 heavy (non-hydrogen) atoms. The van der Waals surface area contributed by atoms with Gasteiger partial charge in [-0.25, -0.2) is 0 Å². The van der Waals surface area contributed by atoms with Gasteiger partial charge in [0.1, 0.15) is 6.04 Å². The molecule has 1 aliphatic rings. The van der Waals surface area contributed by atoms with Gasteiger partial charge in [-0.1, -0.05) is 19.9 Å². The van der Waals surface area contributed by atoms with Gasteiger partial charge < -0.3 is 25.4 Å². The van der Waals surface area contributed by atoms with Crippen LogP contribution in [0.1, 0.15) is 27.7 Å². The van der Waals surface area contributed by atoms with E-state index in [4.69, 9.17) is 15.2 Å². The molecule has 0 aromatic carbocycles. The summed E-state index contributed by atoms with van der Waals surface area (Å²) in [5.74, 6) is -1.86. The maximum absolute atomic E-state index is 9.81. The van der Waals surface area contributed by atoms with Gasteiger partial charge in [-0.2, -0.15) is 0 Å². The maximum atomic E-state index is 9.81. The molecule has 0 radical (unpaired) electrons. The molecule has 0 amide bonds. The monoisotopic (exact) mass is 247 g/mol. The van der Waals surface area contributed by atoms with Crippen LogP contribution in [-0.2, 0) is 9.47 Å². The normalized spacial score (nSPS) is 25.1. The second kappa shape index (κ2) is 6.47. The van der Waals surface area contributed by atoms with Crippen LogP contribution in [0.2, 0.25) is 0 Å². The number of allylic oxidation sites excluding steroid dienone is 1. The zero-order valence-corrected chi connectivity index (χ0v) is 11.1. The summed E-state index contributed by atoms with van der Waals surface area (Å²) in [4.78, 5) is 0. The summed E-state index contributed by atoms with van der Waals surface area (Å²) >= 11 is 0. The summed E-state index contributed by atoms with van der Waals surface area (Å²) in [5, 5.41) is 19.0. The quantitative estimate of drug-likeness (QED) is 0.622. The number of hydrogen-bond donors (Lipinski definition) is 3. The highest BCUT2D eigenvalue weighted by molar-refractivity contribution is 4.83. The van der Waals surface area contributed by atoms with E-state index in [9.17, 15) is 10.2 Å². The number of aliphatic hydroxyl groups excluding tert-OH is 1. The van der Waals surface area contributed by atoms with Gasteiger partial charge in [0.25, 0.3) is 5.97 Å². The molecule has 2 unspecified atom stereocenters. The highest BCUT2D eigenvalue weighted by Gasteiger charge is 2.45. The van der Waals surface area contributed by atoms with Crippen molar-refractivity contribution in [3.63, 3.8) is 0 Å². The Morgan fingerprint density at radius 2 is 1.71 bits per heavy atom. The minimum absolute atomic E-state index is 0.134. The molecule has 4 N–H and O–H groups in total. The molecule has 0 bridgehead atoms. The molecule has 0 aromatic heterocycles. The van der Waals surface area contributed by atoms with Gasteiger partial charge in [0.15, 0.2) is 0 Å². The van der Waals surface area contributed by atoms with Crippen LogP contribution in [0.4, 0.5) is 0 Å². The van der Waals surface area contributed by atoms with Crippen LogP contribution in [0.25, 0.3) is 0 Å². The highest BCUT2D eigenvalue weighted by atomic mass is 16.8. The Morgan fingerprint density at radius 3 is 2.00 bits per heavy atom. The fourth-order valence-electron chi connectivity index (χ4n) is 1.18. The van der Waals surface area contributed by atoms with Crippen LogP contribution in [0.15, 0.2) is 12.7 Å². The average Bonchev–Trinajstić information content (AvgIpc) is 2.23. The minimum atomic E-state index is -1.86. The van der Waals surface area contributed by atoms with E-state index in [0.717, 1.165) is 0 Å². The zero-order chi connectivity index (χ0) is 13.7. The standard InChI is InChI=1S/C9H19NO4.C3H6/c1-6(11)7(10)9(12)13-4-8(2,3)5-14-9;1-3-2/h6-7,11-12H,4-5,10H2,1-3H3;3H,1H2,2H3. The average molecular weight is 247 g/mol. The first kappa shape index (κ1) is 16.5. The lowest BCUT2D eigenvalue weighted by atomic mass is 9.95. The molecule has 1 fully saturated rings. The number of ether oxygens (including phenoxy) is 2. The lowest BCUT2D eigenvalue weighted by molar-refractivity contribution is -0.413. The van der Waals surface area contributed by atoms with Crippen molar-refractivity contribution in [2.24, 2.45) is 11.1 Å². The van der Waals surface area contributed by atoms with Crippen molar-refractivity contribution in [2.45, 2.75) is 45.8 Å². The predicted molar refractivity (Wildman–Crippen MR) is 66.2 cm³/mol. The fraction of sp³-hybridized carbons (Fsp3) is 0.833. The molecule has 1 aliphatic heterocycles. The van der Waals surface area contributed by atoms with E-state index >= 15 is 0 Å². The second-order valence-electron chi connectivity index (χ2n) is 5.05. The van der Waals surface area contributed by atoms with Crippen molar-refractivity contribution < 1.29 is 19.7 Å². The molecule has 5 heteroatoms. The van der Waals surface area contributed by atoms with Crippen LogP contribution >= 0.6 is 0 Å². The Kier molecular flexibility index (Phi) is 6.29. The van der Waals surface area contributed by atoms with E-state index in [2.05, 4.69) is 6.58 Å². The van der Waals surface area contributed by atoms with Crippen molar-refractivity contribution >= 4 is 0 Å². The van der Waals surface area contributed by atoms with E-state index in [-0.39, 0.29) is 5.41 Å². The lowest BCUT2D eigenvalue weighted by Gasteiger charge is -2.43. The van der Waals surface area contributed by atoms with Crippen LogP contribution in [0.5, 0.6) is 0 Å². The number of rotatable bonds is 2. The highest BCUT2D eigenvalue weighted by Crippen LogP contribution is 2.29. The summed E-state index contributed by atoms with van der Waals surface area (Å²) in [6.45, 7) is 11.4. The first-order valence-corrected chi connectivity index (χ1v) is 5.69. The Morgan fingerprint density at radius 1 is 1.35 bits per heavy atom. The molecule has 0 spiro atoms. The summed E-state index contributed by atoms with van der Waals surface area (Å²) in [5.41, 5.74) is 5.43. The Labute approximate surface area is 103 Å². The third kappa shape index (κ3) is 5.14. The molecule has 1 saturated heterocycles. The fourth-order valence-corrected chi connectivity index (χ4v) is 1.18. The van der Waals surface area contributed by atoms with E-state index in [0.29, 0.717) is 13.2 Å². The molecular weight excluding hydrogens is 222 g/mol. The molecule has 0 aromatic rings. The van der Waals surface area contributed by atoms with Gasteiger partial charge in [-0.3, -0.25) is 0 Å². The third-order valence-corrected chi connectivity index (χ3v) is 2.28. The van der Waals surface area contributed by atoms with Gasteiger partial charge in [-0.05, 0) is 13.8 Å². The number of aliphatic hydroxyl groups is 2. The molecular formula is C12H25NO4. The van der Waals surface area contributed by atoms with Gasteiger partial charge >= 0.3 is 0 Å². The third-order valence-electron chi connectivity index (χ3n) is 2.28. The number of hydrogen-bond acceptors (Lipinski definition) is 5. The molecule has 1 heterocycles. The van der Waals surface area contributed by atoms with Crippen molar-refractivity contribution in [3.8, 4) is 0 Å². The van der Waals surface area contributed by atoms with Gasteiger partial charge in [-0.15, -0.1) is 6.58 Å². The second-order valence-corrected chi connectivity index (χ2v) is 5.05. The minimum Gasteiger partial charge on any atom is -0.391 e. The Hall–Kier alpha value is -0.460. The molecule has 0 saturated carbocycles. The van der Waals surface area contributed by atoms with E-state index < -0.39 is 18.1 Å². The van der Waals surface area contributed by atoms with Crippen molar-refractivity contribution in [2.75, 3.05) is 13.2 Å². The first-order chi connectivity index (χ1) is 7.68. The molecule has 5 nitrogen and oxygen atoms in total. The van der Waals surface area contributed by atoms with Gasteiger partial charge in [0, 0.05) is 5.41 Å². The van der Waals surface area contributed by atoms with E-state index in [1.807, 2.05) is 20.8 Å². The number of nitrogens with two attached hydrogens (primary N) is 1. The topological polar surface area (TPSA) is 84.9 Å². The molecule has 102 valence electrons. The SMILES string of the molecule is C=CC.CC(O)C(N)C1(O)OCC(C)(C)CO1. The zero-order valence-electron chi connectivity index (χ0n) is 11.1. The summed E-state index contributed by atoms with van der Waals surface area (Å²) < 4.78 is 10.3. The molecule has 0 aliphatic carbocycles. The van der Waals surface area contributed by atoms with Crippen molar-refractivity contribution in [1.29, 1.82) is 0 Å². The van der Waals surface area contributed by atoms with Crippen LogP contribution in [-0.4, -0.2) is 41.5 Å². The predicted octanol–water partition coefficient (Wildman–Crippen LogP) is 0.606. The van der Waals surface area contributed by atoms with Crippen LogP contribution < -0.4 is 5.73 Å². The summed E-state index contributed by atoms with van der Waals surface area (Å²) in [7, 11) is 0. The largest absolute Gasteiger partial charge is 0.391 e. The van der Waals surface area contributed by atoms with E-state index in [1.54, 1.807) is 6.08 Å². The lowest BCUT2D eigenvalue weighted by Crippen LogP contribution is -2.61. The van der Waals surface area contributed by atoms with E-state index in [1.165, 1.54) is 6.92 Å². The van der Waals surface area contributed by atoms with Crippen molar-refractivity contribution in [1.82, 2.24) is 0 Å². The first-order valence-electron chi connectivity index (χ1n) is 5.69.